The normalized spacial score (nSPS) is 12.4. The summed E-state index contributed by atoms with van der Waals surface area (Å²) in [7, 11) is 0. The van der Waals surface area contributed by atoms with Gasteiger partial charge in [0, 0.05) is 16.3 Å². The molecule has 0 atom stereocenters. The van der Waals surface area contributed by atoms with Gasteiger partial charge in [0.15, 0.2) is 0 Å². The summed E-state index contributed by atoms with van der Waals surface area (Å²) in [6.07, 6.45) is -0.0146. The third-order valence-corrected chi connectivity index (χ3v) is 5.52. The van der Waals surface area contributed by atoms with Crippen LogP contribution in [0.25, 0.3) is 0 Å². The van der Waals surface area contributed by atoms with Crippen LogP contribution in [-0.2, 0) is 6.42 Å². The molecule has 1 amide bonds. The lowest BCUT2D eigenvalue weighted by molar-refractivity contribution is 0.204. The van der Waals surface area contributed by atoms with Gasteiger partial charge in [-0.05, 0) is 49.3 Å². The molecule has 0 saturated carbocycles. The number of fused-ring (bicyclic) bond motifs is 2. The van der Waals surface area contributed by atoms with Crippen molar-refractivity contribution in [3.63, 3.8) is 0 Å². The molecule has 1 N–H and O–H groups in total. The molecule has 1 aliphatic heterocycles. The number of para-hydroxylation sites is 1. The summed E-state index contributed by atoms with van der Waals surface area (Å²) in [5.41, 5.74) is 2.68. The molecule has 0 spiro atoms. The highest BCUT2D eigenvalue weighted by molar-refractivity contribution is 7.99. The number of nitrogens with zero attached hydrogens (tertiary/aromatic N) is 2. The minimum absolute atomic E-state index is 0. The number of likely N-dealkylation sites (N-methyl/N-ethyl adjacent to an activating group) is 1. The van der Waals surface area contributed by atoms with Gasteiger partial charge < -0.3 is 10.0 Å². The number of hydrogen-bond donors (Lipinski definition) is 1. The van der Waals surface area contributed by atoms with Crippen molar-refractivity contribution in [2.24, 2.45) is 0 Å². The van der Waals surface area contributed by atoms with E-state index in [9.17, 15) is 9.90 Å². The molecule has 4 nitrogen and oxygen atoms in total. The number of anilines is 2. The molecule has 2 aromatic carbocycles. The zero-order valence-electron chi connectivity index (χ0n) is 14.4. The molecule has 25 heavy (non-hydrogen) atoms. The Bertz CT molecular complexity index is 750. The molecule has 1 heterocycles. The first-order valence-electron chi connectivity index (χ1n) is 8.29. The Kier molecular flexibility index (Phi) is 6.76. The molecule has 2 aromatic rings. The van der Waals surface area contributed by atoms with E-state index in [1.165, 1.54) is 10.5 Å². The smallest absolute Gasteiger partial charge is 0.416 e. The van der Waals surface area contributed by atoms with E-state index < -0.39 is 6.09 Å². The predicted molar refractivity (Wildman–Crippen MR) is 106 cm³/mol. The molecule has 3 rings (SSSR count). The van der Waals surface area contributed by atoms with Gasteiger partial charge in [-0.25, -0.2) is 9.69 Å². The van der Waals surface area contributed by atoms with Gasteiger partial charge >= 0.3 is 6.09 Å². The first-order chi connectivity index (χ1) is 11.6. The SMILES string of the molecule is CCN(CC)CCc1ccc2c(c1)N(C(=O)O)c1ccccc1S2.Cl. The van der Waals surface area contributed by atoms with Gasteiger partial charge in [0.2, 0.25) is 0 Å². The number of halogens is 1. The Morgan fingerprint density at radius 1 is 1.08 bits per heavy atom. The Morgan fingerprint density at radius 3 is 2.44 bits per heavy atom. The average molecular weight is 379 g/mol. The van der Waals surface area contributed by atoms with Crippen LogP contribution in [0.4, 0.5) is 16.2 Å². The fourth-order valence-corrected chi connectivity index (χ4v) is 4.03. The van der Waals surface area contributed by atoms with Gasteiger partial charge in [-0.3, -0.25) is 0 Å². The molecular formula is C19H23ClN2O2S. The minimum atomic E-state index is -0.940. The van der Waals surface area contributed by atoms with Crippen molar-refractivity contribution in [1.82, 2.24) is 4.90 Å². The Labute approximate surface area is 159 Å². The van der Waals surface area contributed by atoms with Crippen molar-refractivity contribution in [2.75, 3.05) is 24.5 Å². The van der Waals surface area contributed by atoms with Crippen LogP contribution in [0.2, 0.25) is 0 Å². The van der Waals surface area contributed by atoms with E-state index in [2.05, 4.69) is 24.8 Å². The van der Waals surface area contributed by atoms with Gasteiger partial charge in [-0.1, -0.05) is 43.8 Å². The lowest BCUT2D eigenvalue weighted by Crippen LogP contribution is -2.27. The van der Waals surface area contributed by atoms with E-state index in [4.69, 9.17) is 0 Å². The molecule has 0 aliphatic carbocycles. The number of carboxylic acid groups (broad SMARTS) is 1. The van der Waals surface area contributed by atoms with Crippen LogP contribution in [0.5, 0.6) is 0 Å². The van der Waals surface area contributed by atoms with E-state index in [1.807, 2.05) is 36.4 Å². The maximum Gasteiger partial charge on any atom is 0.416 e. The fraction of sp³-hybridized carbons (Fsp3) is 0.316. The largest absolute Gasteiger partial charge is 0.464 e. The molecule has 0 unspecified atom stereocenters. The summed E-state index contributed by atoms with van der Waals surface area (Å²) in [6, 6.07) is 13.8. The van der Waals surface area contributed by atoms with Crippen molar-refractivity contribution < 1.29 is 9.90 Å². The quantitative estimate of drug-likeness (QED) is 0.769. The lowest BCUT2D eigenvalue weighted by Gasteiger charge is -2.29. The molecule has 6 heteroatoms. The molecule has 0 aromatic heterocycles. The Morgan fingerprint density at radius 2 is 1.76 bits per heavy atom. The van der Waals surface area contributed by atoms with E-state index in [0.29, 0.717) is 0 Å². The molecular weight excluding hydrogens is 356 g/mol. The minimum Gasteiger partial charge on any atom is -0.464 e. The number of hydrogen-bond acceptors (Lipinski definition) is 3. The van der Waals surface area contributed by atoms with Gasteiger partial charge in [0.05, 0.1) is 11.4 Å². The number of rotatable bonds is 5. The van der Waals surface area contributed by atoms with Crippen molar-refractivity contribution in [3.05, 3.63) is 48.0 Å². The van der Waals surface area contributed by atoms with Gasteiger partial charge in [0.25, 0.3) is 0 Å². The van der Waals surface area contributed by atoms with Crippen LogP contribution < -0.4 is 4.90 Å². The zero-order chi connectivity index (χ0) is 17.1. The number of benzene rings is 2. The first-order valence-corrected chi connectivity index (χ1v) is 9.11. The monoisotopic (exact) mass is 378 g/mol. The van der Waals surface area contributed by atoms with Crippen LogP contribution in [0.3, 0.4) is 0 Å². The van der Waals surface area contributed by atoms with Crippen molar-refractivity contribution in [2.45, 2.75) is 30.1 Å². The third-order valence-electron chi connectivity index (χ3n) is 4.39. The van der Waals surface area contributed by atoms with Crippen LogP contribution in [0.1, 0.15) is 19.4 Å². The predicted octanol–water partition coefficient (Wildman–Crippen LogP) is 5.27. The van der Waals surface area contributed by atoms with Crippen LogP contribution in [-0.4, -0.2) is 35.7 Å². The van der Waals surface area contributed by atoms with E-state index >= 15 is 0 Å². The maximum atomic E-state index is 11.9. The highest BCUT2D eigenvalue weighted by Gasteiger charge is 2.27. The van der Waals surface area contributed by atoms with Gasteiger partial charge in [-0.2, -0.15) is 0 Å². The second-order valence-corrected chi connectivity index (χ2v) is 6.85. The Hall–Kier alpha value is -1.69. The second-order valence-electron chi connectivity index (χ2n) is 5.77. The highest BCUT2D eigenvalue weighted by atomic mass is 35.5. The number of carbonyl (C=O) groups is 1. The molecule has 1 aliphatic rings. The standard InChI is InChI=1S/C19H22N2O2S.ClH/c1-3-20(4-2)12-11-14-9-10-18-16(13-14)21(19(22)23)15-7-5-6-8-17(15)24-18;/h5-10,13H,3-4,11-12H2,1-2H3,(H,22,23);1H. The second kappa shape index (κ2) is 8.61. The Balaban J connectivity index is 0.00000225. The summed E-state index contributed by atoms with van der Waals surface area (Å²) in [4.78, 5) is 17.6. The topological polar surface area (TPSA) is 43.8 Å². The van der Waals surface area contributed by atoms with E-state index in [-0.39, 0.29) is 12.4 Å². The highest BCUT2D eigenvalue weighted by Crippen LogP contribution is 2.48. The molecule has 0 bridgehead atoms. The summed E-state index contributed by atoms with van der Waals surface area (Å²) in [6.45, 7) is 7.38. The van der Waals surface area contributed by atoms with Crippen LogP contribution in [0, 0.1) is 0 Å². The molecule has 134 valence electrons. The third kappa shape index (κ3) is 4.11. The van der Waals surface area contributed by atoms with Crippen molar-refractivity contribution >= 4 is 41.6 Å². The van der Waals surface area contributed by atoms with Gasteiger partial charge in [0.1, 0.15) is 0 Å². The van der Waals surface area contributed by atoms with Gasteiger partial charge in [-0.15, -0.1) is 12.4 Å². The summed E-state index contributed by atoms with van der Waals surface area (Å²) >= 11 is 1.63. The molecule has 0 saturated heterocycles. The van der Waals surface area contributed by atoms with E-state index in [0.717, 1.165) is 47.2 Å². The summed E-state index contributed by atoms with van der Waals surface area (Å²) < 4.78 is 0. The van der Waals surface area contributed by atoms with Crippen molar-refractivity contribution in [3.8, 4) is 0 Å². The van der Waals surface area contributed by atoms with Crippen LogP contribution >= 0.6 is 24.2 Å². The summed E-state index contributed by atoms with van der Waals surface area (Å²) in [5.74, 6) is 0. The molecule has 0 radical (unpaired) electrons. The average Bonchev–Trinajstić information content (AvgIpc) is 2.60. The number of amides is 1. The molecule has 0 fully saturated rings. The first kappa shape index (κ1) is 19.6. The fourth-order valence-electron chi connectivity index (χ4n) is 2.99. The summed E-state index contributed by atoms with van der Waals surface area (Å²) in [5, 5.41) is 9.73. The van der Waals surface area contributed by atoms with E-state index in [1.54, 1.807) is 11.8 Å². The zero-order valence-corrected chi connectivity index (χ0v) is 16.1. The maximum absolute atomic E-state index is 11.9. The van der Waals surface area contributed by atoms with Crippen LogP contribution in [0.15, 0.2) is 52.3 Å². The lowest BCUT2D eigenvalue weighted by atomic mass is 10.1. The van der Waals surface area contributed by atoms with Crippen molar-refractivity contribution in [1.29, 1.82) is 0 Å².